The third-order valence-electron chi connectivity index (χ3n) is 9.74. The van der Waals surface area contributed by atoms with Crippen LogP contribution in [0.4, 0.5) is 0 Å². The van der Waals surface area contributed by atoms with E-state index in [9.17, 15) is 10.5 Å². The highest BCUT2D eigenvalue weighted by atomic mass is 32.1. The van der Waals surface area contributed by atoms with Gasteiger partial charge in [0.1, 0.15) is 0 Å². The van der Waals surface area contributed by atoms with Crippen LogP contribution < -0.4 is 0 Å². The second-order valence-corrected chi connectivity index (χ2v) is 13.5. The molecule has 0 amide bonds. The molecule has 0 bridgehead atoms. The van der Waals surface area contributed by atoms with Crippen molar-refractivity contribution in [3.63, 3.8) is 0 Å². The summed E-state index contributed by atoms with van der Waals surface area (Å²) in [5.74, 6) is 0. The van der Waals surface area contributed by atoms with E-state index >= 15 is 0 Å². The number of nitrogens with zero attached hydrogens (tertiary/aromatic N) is 4. The molecule has 0 saturated carbocycles. The number of hydrogen-bond acceptors (Lipinski definition) is 3. The molecule has 3 heterocycles. The van der Waals surface area contributed by atoms with Crippen molar-refractivity contribution in [2.75, 3.05) is 0 Å². The molecule has 7 aromatic carbocycles. The zero-order chi connectivity index (χ0) is 32.6. The largest absolute Gasteiger partial charge is 0.309 e. The second-order valence-electron chi connectivity index (χ2n) is 12.4. The molecule has 0 fully saturated rings. The Bertz CT molecular complexity index is 3090. The molecule has 0 aliphatic heterocycles. The topological polar surface area (TPSA) is 57.4 Å². The van der Waals surface area contributed by atoms with E-state index in [2.05, 4.69) is 143 Å². The zero-order valence-electron chi connectivity index (χ0n) is 26.1. The van der Waals surface area contributed by atoms with Crippen LogP contribution in [0.1, 0.15) is 11.1 Å². The fourth-order valence-corrected chi connectivity index (χ4v) is 8.81. The number of fused-ring (bicyclic) bond motifs is 10. The number of aromatic nitrogens is 2. The van der Waals surface area contributed by atoms with Gasteiger partial charge in [-0.25, -0.2) is 0 Å². The summed E-state index contributed by atoms with van der Waals surface area (Å²) in [5, 5.41) is 26.1. The quantitative estimate of drug-likeness (QED) is 0.193. The fraction of sp³-hybridized carbons (Fsp3) is 0. The van der Waals surface area contributed by atoms with Crippen molar-refractivity contribution in [1.29, 1.82) is 10.5 Å². The van der Waals surface area contributed by atoms with E-state index in [0.717, 1.165) is 55.2 Å². The molecule has 4 nitrogen and oxygen atoms in total. The van der Waals surface area contributed by atoms with Gasteiger partial charge in [-0.1, -0.05) is 72.8 Å². The minimum atomic E-state index is 0.658. The Hall–Kier alpha value is -6.66. The van der Waals surface area contributed by atoms with Crippen LogP contribution in [0, 0.1) is 22.7 Å². The second kappa shape index (κ2) is 10.4. The van der Waals surface area contributed by atoms with Crippen LogP contribution in [-0.4, -0.2) is 9.13 Å². The maximum Gasteiger partial charge on any atom is 0.0991 e. The Balaban J connectivity index is 1.18. The van der Waals surface area contributed by atoms with Crippen molar-refractivity contribution in [3.8, 4) is 34.6 Å². The molecule has 0 aliphatic carbocycles. The molecule has 0 atom stereocenters. The minimum Gasteiger partial charge on any atom is -0.309 e. The molecule has 0 N–H and O–H groups in total. The molecule has 10 rings (SSSR count). The van der Waals surface area contributed by atoms with E-state index in [1.165, 1.54) is 31.1 Å². The Morgan fingerprint density at radius 1 is 0.429 bits per heavy atom. The molecule has 0 aliphatic rings. The van der Waals surface area contributed by atoms with Crippen LogP contribution in [0.5, 0.6) is 0 Å². The zero-order valence-corrected chi connectivity index (χ0v) is 26.9. The third kappa shape index (κ3) is 4.01. The standard InChI is InChI=1S/C44H24N4S/c45-25-27-15-19-41-37(21-27)34-12-2-3-13-39(34)47(41)31-9-5-7-29(23-31)30-8-6-10-32(24-30)48-40-14-4-1-11-33(40)35-17-18-36-38-22-28(26-46)16-20-42(38)49-44(36)43(35)48/h1-24H. The first-order valence-electron chi connectivity index (χ1n) is 16.1. The van der Waals surface area contributed by atoms with Gasteiger partial charge in [-0.15, -0.1) is 11.3 Å². The number of benzene rings is 7. The lowest BCUT2D eigenvalue weighted by atomic mass is 10.0. The number of hydrogen-bond donors (Lipinski definition) is 0. The van der Waals surface area contributed by atoms with Gasteiger partial charge in [0.2, 0.25) is 0 Å². The fourth-order valence-electron chi connectivity index (χ4n) is 7.59. The summed E-state index contributed by atoms with van der Waals surface area (Å²) in [5.41, 5.74) is 10.3. The highest BCUT2D eigenvalue weighted by Crippen LogP contribution is 2.43. The Morgan fingerprint density at radius 3 is 1.71 bits per heavy atom. The van der Waals surface area contributed by atoms with Crippen molar-refractivity contribution in [1.82, 2.24) is 9.13 Å². The molecule has 0 spiro atoms. The summed E-state index contributed by atoms with van der Waals surface area (Å²) in [6.45, 7) is 0. The highest BCUT2D eigenvalue weighted by Gasteiger charge is 2.19. The average Bonchev–Trinajstić information content (AvgIpc) is 3.82. The van der Waals surface area contributed by atoms with Gasteiger partial charge in [0.25, 0.3) is 0 Å². The maximum atomic E-state index is 9.61. The van der Waals surface area contributed by atoms with Crippen LogP contribution >= 0.6 is 11.3 Å². The molecule has 5 heteroatoms. The van der Waals surface area contributed by atoms with E-state index < -0.39 is 0 Å². The minimum absolute atomic E-state index is 0.658. The monoisotopic (exact) mass is 640 g/mol. The predicted molar refractivity (Wildman–Crippen MR) is 203 cm³/mol. The lowest BCUT2D eigenvalue weighted by molar-refractivity contribution is 1.18. The van der Waals surface area contributed by atoms with Gasteiger partial charge in [-0.2, -0.15) is 10.5 Å². The molecule has 0 saturated heterocycles. The van der Waals surface area contributed by atoms with Crippen LogP contribution in [0.15, 0.2) is 146 Å². The molecular formula is C44H24N4S. The van der Waals surface area contributed by atoms with E-state index in [-0.39, 0.29) is 0 Å². The van der Waals surface area contributed by atoms with Crippen molar-refractivity contribution in [2.24, 2.45) is 0 Å². The smallest absolute Gasteiger partial charge is 0.0991 e. The van der Waals surface area contributed by atoms with Crippen molar-refractivity contribution in [3.05, 3.63) is 157 Å². The third-order valence-corrected chi connectivity index (χ3v) is 10.9. The van der Waals surface area contributed by atoms with Gasteiger partial charge in [-0.3, -0.25) is 0 Å². The molecule has 49 heavy (non-hydrogen) atoms. The maximum absolute atomic E-state index is 9.61. The van der Waals surface area contributed by atoms with E-state index in [0.29, 0.717) is 11.1 Å². The summed E-state index contributed by atoms with van der Waals surface area (Å²) < 4.78 is 7.10. The lowest BCUT2D eigenvalue weighted by Crippen LogP contribution is -1.96. The van der Waals surface area contributed by atoms with E-state index in [4.69, 9.17) is 0 Å². The SMILES string of the molecule is N#Cc1ccc2sc3c(ccc4c5ccccc5n(-c5cccc(-c6cccc(-n7c8ccccc8c8cc(C#N)ccc87)c6)c5)c43)c2c1. The summed E-state index contributed by atoms with van der Waals surface area (Å²) in [6, 6.07) is 55.5. The summed E-state index contributed by atoms with van der Waals surface area (Å²) in [7, 11) is 0. The van der Waals surface area contributed by atoms with Crippen LogP contribution in [0.3, 0.4) is 0 Å². The number of nitriles is 2. The van der Waals surface area contributed by atoms with E-state index in [1.807, 2.05) is 24.3 Å². The van der Waals surface area contributed by atoms with Crippen LogP contribution in [0.25, 0.3) is 86.3 Å². The molecule has 3 aromatic heterocycles. The molecular weight excluding hydrogens is 617 g/mol. The summed E-state index contributed by atoms with van der Waals surface area (Å²) in [4.78, 5) is 0. The first kappa shape index (κ1) is 27.5. The molecule has 226 valence electrons. The predicted octanol–water partition coefficient (Wildman–Crippen LogP) is 11.7. The van der Waals surface area contributed by atoms with Gasteiger partial charge in [0, 0.05) is 48.4 Å². The van der Waals surface area contributed by atoms with Crippen molar-refractivity contribution >= 4 is 75.1 Å². The Labute approximate surface area is 285 Å². The average molecular weight is 641 g/mol. The van der Waals surface area contributed by atoms with Crippen LogP contribution in [-0.2, 0) is 0 Å². The Kier molecular flexibility index (Phi) is 5.84. The van der Waals surface area contributed by atoms with Crippen molar-refractivity contribution < 1.29 is 0 Å². The van der Waals surface area contributed by atoms with Gasteiger partial charge < -0.3 is 9.13 Å². The number of para-hydroxylation sites is 2. The van der Waals surface area contributed by atoms with Gasteiger partial charge in [-0.05, 0) is 83.9 Å². The van der Waals surface area contributed by atoms with Gasteiger partial charge >= 0.3 is 0 Å². The summed E-state index contributed by atoms with van der Waals surface area (Å²) >= 11 is 1.79. The first-order valence-corrected chi connectivity index (χ1v) is 16.9. The number of thiophene rings is 1. The van der Waals surface area contributed by atoms with Gasteiger partial charge in [0.05, 0.1) is 50.0 Å². The summed E-state index contributed by atoms with van der Waals surface area (Å²) in [6.07, 6.45) is 0. The first-order chi connectivity index (χ1) is 24.2. The highest BCUT2D eigenvalue weighted by molar-refractivity contribution is 7.26. The number of rotatable bonds is 3. The van der Waals surface area contributed by atoms with Crippen LogP contribution in [0.2, 0.25) is 0 Å². The normalized spacial score (nSPS) is 11.6. The molecule has 0 unspecified atom stereocenters. The van der Waals surface area contributed by atoms with E-state index in [1.54, 1.807) is 11.3 Å². The van der Waals surface area contributed by atoms with Crippen molar-refractivity contribution in [2.45, 2.75) is 0 Å². The lowest BCUT2D eigenvalue weighted by Gasteiger charge is -2.13. The van der Waals surface area contributed by atoms with Gasteiger partial charge in [0.15, 0.2) is 0 Å². The molecule has 0 radical (unpaired) electrons. The molecule has 10 aromatic rings. The Morgan fingerprint density at radius 2 is 1.00 bits per heavy atom.